The van der Waals surface area contributed by atoms with Crippen molar-refractivity contribution in [1.82, 2.24) is 9.97 Å². The van der Waals surface area contributed by atoms with Crippen LogP contribution < -0.4 is 10.2 Å². The van der Waals surface area contributed by atoms with Gasteiger partial charge >= 0.3 is 0 Å². The van der Waals surface area contributed by atoms with E-state index in [2.05, 4.69) is 9.97 Å². The van der Waals surface area contributed by atoms with Gasteiger partial charge in [0.05, 0.1) is 18.0 Å². The topological polar surface area (TPSA) is 55.0 Å². The largest absolute Gasteiger partial charge is 0.493 e. The molecule has 3 aromatic rings. The Morgan fingerprint density at radius 1 is 1.10 bits per heavy atom. The van der Waals surface area contributed by atoms with E-state index in [0.29, 0.717) is 16.7 Å². The van der Waals surface area contributed by atoms with E-state index in [0.717, 1.165) is 23.9 Å². The predicted octanol–water partition coefficient (Wildman–Crippen LogP) is 6.11. The molecule has 1 aromatic carbocycles. The molecule has 2 aromatic heterocycles. The number of halogens is 2. The molecule has 0 amide bonds. The van der Waals surface area contributed by atoms with E-state index in [1.807, 2.05) is 0 Å². The van der Waals surface area contributed by atoms with Gasteiger partial charge < -0.3 is 9.72 Å². The Morgan fingerprint density at radius 2 is 1.87 bits per heavy atom. The van der Waals surface area contributed by atoms with Gasteiger partial charge in [-0.1, -0.05) is 25.3 Å². The first-order chi connectivity index (χ1) is 15.0. The van der Waals surface area contributed by atoms with Gasteiger partial charge in [-0.05, 0) is 55.6 Å². The maximum atomic E-state index is 13.9. The Bertz CT molecular complexity index is 1100. The van der Waals surface area contributed by atoms with Crippen molar-refractivity contribution in [3.63, 3.8) is 0 Å². The molecule has 2 saturated carbocycles. The van der Waals surface area contributed by atoms with Gasteiger partial charge in [0.1, 0.15) is 0 Å². The van der Waals surface area contributed by atoms with E-state index >= 15 is 0 Å². The predicted molar refractivity (Wildman–Crippen MR) is 117 cm³/mol. The van der Waals surface area contributed by atoms with E-state index in [1.54, 1.807) is 30.7 Å². The first-order valence-electron chi connectivity index (χ1n) is 11.0. The molecule has 0 bridgehead atoms. The molecule has 0 saturated heterocycles. The summed E-state index contributed by atoms with van der Waals surface area (Å²) in [5.41, 5.74) is 2.15. The van der Waals surface area contributed by atoms with Gasteiger partial charge in [0, 0.05) is 30.2 Å². The molecule has 2 aliphatic rings. The molecule has 6 heteroatoms. The molecule has 2 aliphatic carbocycles. The number of benzene rings is 1. The molecule has 1 spiro atoms. The van der Waals surface area contributed by atoms with E-state index in [4.69, 9.17) is 4.74 Å². The van der Waals surface area contributed by atoms with Crippen molar-refractivity contribution >= 4 is 10.9 Å². The molecule has 2 fully saturated rings. The summed E-state index contributed by atoms with van der Waals surface area (Å²) in [4.78, 5) is 17.9. The van der Waals surface area contributed by atoms with E-state index in [-0.39, 0.29) is 11.2 Å². The fourth-order valence-electron chi connectivity index (χ4n) is 5.38. The highest BCUT2D eigenvalue weighted by molar-refractivity contribution is 5.76. The van der Waals surface area contributed by atoms with Crippen LogP contribution in [0.3, 0.4) is 0 Å². The normalized spacial score (nSPS) is 19.8. The van der Waals surface area contributed by atoms with E-state index < -0.39 is 11.6 Å². The molecule has 1 N–H and O–H groups in total. The number of hydrogen-bond acceptors (Lipinski definition) is 3. The Balaban J connectivity index is 0.000000177. The van der Waals surface area contributed by atoms with Gasteiger partial charge in [-0.2, -0.15) is 4.39 Å². The summed E-state index contributed by atoms with van der Waals surface area (Å²) in [6, 6.07) is 6.22. The fourth-order valence-corrected chi connectivity index (χ4v) is 5.38. The van der Waals surface area contributed by atoms with Gasteiger partial charge in [0.2, 0.25) is 5.82 Å². The third-order valence-electron chi connectivity index (χ3n) is 6.89. The molecular formula is C25H28F2N2O2. The summed E-state index contributed by atoms with van der Waals surface area (Å²) in [7, 11) is 1.43. The molecule has 0 radical (unpaired) electrons. The van der Waals surface area contributed by atoms with Crippen LogP contribution in [-0.4, -0.2) is 17.1 Å². The number of hydrogen-bond donors (Lipinski definition) is 1. The van der Waals surface area contributed by atoms with Crippen LogP contribution in [0.1, 0.15) is 62.8 Å². The van der Waals surface area contributed by atoms with Gasteiger partial charge in [-0.25, -0.2) is 4.39 Å². The standard InChI is InChI=1S/C17H22F2O.C8H6N2O/c1-20-16-13(6-7-14(18)15(16)19)12-5-4-10-17(11-12)8-2-3-9-17;11-8-2-4-10-7-1-3-9-5-6(7)8/h6-7,12H,2-5,8-11H2,1H3;1-5H,(H,10,11). The second-order valence-electron chi connectivity index (χ2n) is 8.75. The average molecular weight is 427 g/mol. The van der Waals surface area contributed by atoms with Crippen LogP contribution in [0.15, 0.2) is 47.7 Å². The lowest BCUT2D eigenvalue weighted by Gasteiger charge is -2.38. The zero-order chi connectivity index (χ0) is 21.8. The van der Waals surface area contributed by atoms with Crippen molar-refractivity contribution in [2.45, 2.75) is 57.3 Å². The lowest BCUT2D eigenvalue weighted by molar-refractivity contribution is 0.174. The van der Waals surface area contributed by atoms with E-state index in [9.17, 15) is 13.6 Å². The van der Waals surface area contributed by atoms with Crippen molar-refractivity contribution in [1.29, 1.82) is 0 Å². The van der Waals surface area contributed by atoms with Crippen molar-refractivity contribution < 1.29 is 13.5 Å². The highest BCUT2D eigenvalue weighted by Crippen LogP contribution is 2.54. The third kappa shape index (κ3) is 4.48. The number of nitrogens with one attached hydrogen (secondary N) is 1. The van der Waals surface area contributed by atoms with Crippen molar-refractivity contribution in [3.05, 3.63) is 70.3 Å². The number of rotatable bonds is 2. The van der Waals surface area contributed by atoms with Gasteiger partial charge in [0.15, 0.2) is 17.0 Å². The van der Waals surface area contributed by atoms with Gasteiger partial charge in [-0.3, -0.25) is 9.78 Å². The number of ether oxygens (including phenoxy) is 1. The molecule has 164 valence electrons. The maximum Gasteiger partial charge on any atom is 0.200 e. The Kier molecular flexibility index (Phi) is 6.35. The van der Waals surface area contributed by atoms with Crippen molar-refractivity contribution in [2.75, 3.05) is 7.11 Å². The van der Waals surface area contributed by atoms with Crippen LogP contribution in [0, 0.1) is 17.0 Å². The molecule has 5 rings (SSSR count). The quantitative estimate of drug-likeness (QED) is 0.537. The van der Waals surface area contributed by atoms with Crippen molar-refractivity contribution in [2.24, 2.45) is 5.41 Å². The first-order valence-corrected chi connectivity index (χ1v) is 11.0. The minimum atomic E-state index is -0.837. The zero-order valence-electron chi connectivity index (χ0n) is 17.8. The zero-order valence-corrected chi connectivity index (χ0v) is 17.8. The number of fused-ring (bicyclic) bond motifs is 1. The van der Waals surface area contributed by atoms with Crippen LogP contribution in [-0.2, 0) is 0 Å². The van der Waals surface area contributed by atoms with Crippen LogP contribution in [0.5, 0.6) is 5.75 Å². The molecule has 31 heavy (non-hydrogen) atoms. The number of H-pyrrole nitrogens is 1. The highest BCUT2D eigenvalue weighted by Gasteiger charge is 2.39. The molecule has 4 nitrogen and oxygen atoms in total. The molecular weight excluding hydrogens is 398 g/mol. The minimum absolute atomic E-state index is 0.00634. The maximum absolute atomic E-state index is 13.9. The number of pyridine rings is 2. The monoisotopic (exact) mass is 426 g/mol. The van der Waals surface area contributed by atoms with Crippen LogP contribution >= 0.6 is 0 Å². The number of aromatic nitrogens is 2. The second-order valence-corrected chi connectivity index (χ2v) is 8.75. The molecule has 1 atom stereocenters. The van der Waals surface area contributed by atoms with Crippen LogP contribution in [0.25, 0.3) is 10.9 Å². The first kappa shape index (κ1) is 21.5. The number of methoxy groups -OCH3 is 1. The van der Waals surface area contributed by atoms with Crippen LogP contribution in [0.4, 0.5) is 8.78 Å². The summed E-state index contributed by atoms with van der Waals surface area (Å²) < 4.78 is 32.4. The summed E-state index contributed by atoms with van der Waals surface area (Å²) >= 11 is 0. The highest BCUT2D eigenvalue weighted by atomic mass is 19.2. The van der Waals surface area contributed by atoms with E-state index in [1.165, 1.54) is 57.8 Å². The summed E-state index contributed by atoms with van der Waals surface area (Å²) in [6.45, 7) is 0. The summed E-state index contributed by atoms with van der Waals surface area (Å²) in [5, 5.41) is 0.634. The lowest BCUT2D eigenvalue weighted by atomic mass is 9.67. The number of nitrogens with zero attached hydrogens (tertiary/aromatic N) is 1. The van der Waals surface area contributed by atoms with Gasteiger partial charge in [0.25, 0.3) is 0 Å². The Morgan fingerprint density at radius 3 is 2.61 bits per heavy atom. The summed E-state index contributed by atoms with van der Waals surface area (Å²) in [6.07, 6.45) is 14.7. The minimum Gasteiger partial charge on any atom is -0.493 e. The average Bonchev–Trinajstić information content (AvgIpc) is 3.23. The number of aromatic amines is 1. The Labute approximate surface area is 180 Å². The van der Waals surface area contributed by atoms with Crippen molar-refractivity contribution in [3.8, 4) is 5.75 Å². The smallest absolute Gasteiger partial charge is 0.200 e. The molecule has 1 unspecified atom stereocenters. The third-order valence-corrected chi connectivity index (χ3v) is 6.89. The SMILES string of the molecule is COc1c(C2CCCC3(CCCC3)C2)ccc(F)c1F.O=c1cc[nH]c2ccncc12. The van der Waals surface area contributed by atoms with Crippen LogP contribution in [0.2, 0.25) is 0 Å². The second kappa shape index (κ2) is 9.16. The van der Waals surface area contributed by atoms with Gasteiger partial charge in [-0.15, -0.1) is 0 Å². The molecule has 0 aliphatic heterocycles. The summed E-state index contributed by atoms with van der Waals surface area (Å²) in [5.74, 6) is -1.23. The Hall–Kier alpha value is -2.76. The fraction of sp³-hybridized carbons (Fsp3) is 0.440. The molecule has 2 heterocycles. The lowest BCUT2D eigenvalue weighted by Crippen LogP contribution is -2.25.